The fraction of sp³-hybridized carbons (Fsp3) is 0.333. The number of hydrogen-bond acceptors (Lipinski definition) is 5. The van der Waals surface area contributed by atoms with Gasteiger partial charge in [0.05, 0.1) is 12.2 Å². The number of aromatic nitrogens is 1. The summed E-state index contributed by atoms with van der Waals surface area (Å²) in [6.45, 7) is 3.41. The molecule has 1 aromatic carbocycles. The molecular formula is C15H19N3O2S. The van der Waals surface area contributed by atoms with Gasteiger partial charge in [0.25, 0.3) is 0 Å². The molecule has 0 aliphatic heterocycles. The smallest absolute Gasteiger partial charge is 0.317 e. The summed E-state index contributed by atoms with van der Waals surface area (Å²) in [6.07, 6.45) is 0.923. The lowest BCUT2D eigenvalue weighted by Crippen LogP contribution is -2.30. The van der Waals surface area contributed by atoms with Crippen molar-refractivity contribution in [3.63, 3.8) is 0 Å². The first-order chi connectivity index (χ1) is 10.2. The number of rotatable bonds is 8. The number of benzene rings is 1. The zero-order valence-corrected chi connectivity index (χ0v) is 12.8. The van der Waals surface area contributed by atoms with Crippen LogP contribution in [0.4, 0.5) is 10.8 Å². The Labute approximate surface area is 128 Å². The molecule has 0 bridgehead atoms. The molecule has 0 amide bonds. The van der Waals surface area contributed by atoms with E-state index in [9.17, 15) is 4.79 Å². The van der Waals surface area contributed by atoms with E-state index in [1.807, 2.05) is 47.5 Å². The number of carbonyl (C=O) groups is 1. The summed E-state index contributed by atoms with van der Waals surface area (Å²) >= 11 is 1.53. The highest BCUT2D eigenvalue weighted by Gasteiger charge is 2.11. The van der Waals surface area contributed by atoms with Crippen LogP contribution in [0.15, 0.2) is 35.7 Å². The fourth-order valence-electron chi connectivity index (χ4n) is 2.03. The van der Waals surface area contributed by atoms with E-state index in [4.69, 9.17) is 5.11 Å². The van der Waals surface area contributed by atoms with E-state index in [1.54, 1.807) is 0 Å². The molecule has 21 heavy (non-hydrogen) atoms. The van der Waals surface area contributed by atoms with Gasteiger partial charge in [0.15, 0.2) is 5.13 Å². The summed E-state index contributed by atoms with van der Waals surface area (Å²) in [5.74, 6) is -0.804. The summed E-state index contributed by atoms with van der Waals surface area (Å²) in [7, 11) is 0. The van der Waals surface area contributed by atoms with Crippen molar-refractivity contribution >= 4 is 28.1 Å². The van der Waals surface area contributed by atoms with Crippen LogP contribution < -0.4 is 5.32 Å². The lowest BCUT2D eigenvalue weighted by Gasteiger charge is -2.17. The van der Waals surface area contributed by atoms with Gasteiger partial charge >= 0.3 is 5.97 Å². The molecule has 5 nitrogen and oxygen atoms in total. The number of nitrogens with zero attached hydrogens (tertiary/aromatic N) is 2. The molecule has 0 radical (unpaired) electrons. The fourth-order valence-corrected chi connectivity index (χ4v) is 2.75. The van der Waals surface area contributed by atoms with Crippen LogP contribution in [0.25, 0.3) is 0 Å². The number of aliphatic carboxylic acids is 1. The Balaban J connectivity index is 1.96. The highest BCUT2D eigenvalue weighted by molar-refractivity contribution is 7.13. The average Bonchev–Trinajstić information content (AvgIpc) is 2.86. The Morgan fingerprint density at radius 3 is 2.81 bits per heavy atom. The summed E-state index contributed by atoms with van der Waals surface area (Å²) < 4.78 is 0. The Bertz CT molecular complexity index is 571. The minimum Gasteiger partial charge on any atom is -0.480 e. The predicted molar refractivity (Wildman–Crippen MR) is 85.0 cm³/mol. The molecule has 0 aliphatic rings. The second-order valence-corrected chi connectivity index (χ2v) is 5.60. The van der Waals surface area contributed by atoms with Crippen molar-refractivity contribution in [2.45, 2.75) is 19.9 Å². The van der Waals surface area contributed by atoms with Crippen LogP contribution in [0, 0.1) is 0 Å². The number of hydrogen-bond donors (Lipinski definition) is 2. The molecular weight excluding hydrogens is 286 g/mol. The van der Waals surface area contributed by atoms with Gasteiger partial charge in [-0.05, 0) is 25.1 Å². The van der Waals surface area contributed by atoms with Crippen molar-refractivity contribution < 1.29 is 9.90 Å². The normalized spacial score (nSPS) is 10.8. The number of nitrogens with one attached hydrogen (secondary N) is 1. The van der Waals surface area contributed by atoms with Crippen LogP contribution in [-0.2, 0) is 11.3 Å². The molecule has 0 saturated heterocycles. The number of carboxylic acids is 1. The van der Waals surface area contributed by atoms with E-state index in [1.165, 1.54) is 11.3 Å². The molecule has 0 fully saturated rings. The van der Waals surface area contributed by atoms with E-state index in [2.05, 4.69) is 10.3 Å². The van der Waals surface area contributed by atoms with Gasteiger partial charge in [-0.15, -0.1) is 11.3 Å². The van der Waals surface area contributed by atoms with Gasteiger partial charge < -0.3 is 10.4 Å². The van der Waals surface area contributed by atoms with Crippen molar-refractivity contribution in [1.82, 2.24) is 9.88 Å². The van der Waals surface area contributed by atoms with Gasteiger partial charge in [-0.2, -0.15) is 0 Å². The molecule has 0 atom stereocenters. The van der Waals surface area contributed by atoms with Gasteiger partial charge in [0.1, 0.15) is 0 Å². The quantitative estimate of drug-likeness (QED) is 0.784. The number of anilines is 2. The predicted octanol–water partition coefficient (Wildman–Crippen LogP) is 3.18. The van der Waals surface area contributed by atoms with E-state index in [0.29, 0.717) is 6.54 Å². The molecule has 6 heteroatoms. The molecule has 1 heterocycles. The average molecular weight is 305 g/mol. The van der Waals surface area contributed by atoms with Gasteiger partial charge in [-0.3, -0.25) is 9.69 Å². The number of carboxylic acid groups (broad SMARTS) is 1. The van der Waals surface area contributed by atoms with Gasteiger partial charge in [-0.1, -0.05) is 25.1 Å². The third-order valence-electron chi connectivity index (χ3n) is 2.86. The van der Waals surface area contributed by atoms with Crippen LogP contribution >= 0.6 is 11.3 Å². The maximum Gasteiger partial charge on any atom is 0.317 e. The molecule has 1 aromatic heterocycles. The molecule has 2 rings (SSSR count). The first kappa shape index (κ1) is 15.5. The molecule has 0 aliphatic carbocycles. The standard InChI is InChI=1S/C15H19N3O2S/c1-2-8-18(10-14(19)20)9-13-11-21-15(17-13)16-12-6-4-3-5-7-12/h3-7,11H,2,8-10H2,1H3,(H,16,17)(H,19,20). The summed E-state index contributed by atoms with van der Waals surface area (Å²) in [5, 5.41) is 14.9. The van der Waals surface area contributed by atoms with E-state index >= 15 is 0 Å². The topological polar surface area (TPSA) is 65.5 Å². The lowest BCUT2D eigenvalue weighted by atomic mass is 10.3. The van der Waals surface area contributed by atoms with Gasteiger partial charge in [0, 0.05) is 17.6 Å². The van der Waals surface area contributed by atoms with Crippen LogP contribution in [0.1, 0.15) is 19.0 Å². The maximum atomic E-state index is 10.8. The third-order valence-corrected chi connectivity index (χ3v) is 3.67. The SMILES string of the molecule is CCCN(CC(=O)O)Cc1csc(Nc2ccccc2)n1. The largest absolute Gasteiger partial charge is 0.480 e. The van der Waals surface area contributed by atoms with Crippen molar-refractivity contribution in [2.75, 3.05) is 18.4 Å². The van der Waals surface area contributed by atoms with Crippen molar-refractivity contribution in [3.8, 4) is 0 Å². The van der Waals surface area contributed by atoms with Crippen LogP contribution in [0.5, 0.6) is 0 Å². The summed E-state index contributed by atoms with van der Waals surface area (Å²) in [6, 6.07) is 9.86. The second-order valence-electron chi connectivity index (χ2n) is 4.74. The molecule has 0 saturated carbocycles. The lowest BCUT2D eigenvalue weighted by molar-refractivity contribution is -0.138. The monoisotopic (exact) mass is 305 g/mol. The summed E-state index contributed by atoms with van der Waals surface area (Å²) in [5.41, 5.74) is 1.89. The van der Waals surface area contributed by atoms with Crippen LogP contribution in [0.2, 0.25) is 0 Å². The molecule has 0 unspecified atom stereocenters. The third kappa shape index (κ3) is 5.17. The highest BCUT2D eigenvalue weighted by atomic mass is 32.1. The number of para-hydroxylation sites is 1. The van der Waals surface area contributed by atoms with Gasteiger partial charge in [0.2, 0.25) is 0 Å². The molecule has 2 aromatic rings. The maximum absolute atomic E-state index is 10.8. The van der Waals surface area contributed by atoms with Crippen molar-refractivity contribution in [2.24, 2.45) is 0 Å². The first-order valence-electron chi connectivity index (χ1n) is 6.88. The van der Waals surface area contributed by atoms with Crippen LogP contribution in [-0.4, -0.2) is 34.0 Å². The van der Waals surface area contributed by atoms with Crippen molar-refractivity contribution in [3.05, 3.63) is 41.4 Å². The molecule has 112 valence electrons. The Morgan fingerprint density at radius 1 is 1.38 bits per heavy atom. The number of thiazole rings is 1. The highest BCUT2D eigenvalue weighted by Crippen LogP contribution is 2.21. The first-order valence-corrected chi connectivity index (χ1v) is 7.76. The second kappa shape index (κ2) is 7.75. The summed E-state index contributed by atoms with van der Waals surface area (Å²) in [4.78, 5) is 17.2. The van der Waals surface area contributed by atoms with Crippen LogP contribution in [0.3, 0.4) is 0 Å². The van der Waals surface area contributed by atoms with Gasteiger partial charge in [-0.25, -0.2) is 4.98 Å². The zero-order chi connectivity index (χ0) is 15.1. The van der Waals surface area contributed by atoms with Crippen molar-refractivity contribution in [1.29, 1.82) is 0 Å². The van der Waals surface area contributed by atoms with E-state index in [0.717, 1.165) is 29.5 Å². The molecule has 2 N–H and O–H groups in total. The zero-order valence-electron chi connectivity index (χ0n) is 12.0. The minimum absolute atomic E-state index is 0.0484. The minimum atomic E-state index is -0.804. The van der Waals surface area contributed by atoms with E-state index < -0.39 is 5.97 Å². The van der Waals surface area contributed by atoms with E-state index in [-0.39, 0.29) is 6.54 Å². The Hall–Kier alpha value is -1.92. The Morgan fingerprint density at radius 2 is 2.14 bits per heavy atom. The molecule has 0 spiro atoms. The Kier molecular flexibility index (Phi) is 5.71.